The zero-order valence-electron chi connectivity index (χ0n) is 13.4. The van der Waals surface area contributed by atoms with Crippen LogP contribution in [0.4, 0.5) is 4.79 Å². The highest BCUT2D eigenvalue weighted by molar-refractivity contribution is 5.74. The van der Waals surface area contributed by atoms with E-state index in [9.17, 15) is 9.90 Å². The van der Waals surface area contributed by atoms with Crippen molar-refractivity contribution >= 4 is 6.03 Å². The zero-order valence-corrected chi connectivity index (χ0v) is 13.4. The molecule has 0 bridgehead atoms. The molecule has 122 valence electrons. The van der Waals surface area contributed by atoms with Crippen molar-refractivity contribution in [1.29, 1.82) is 0 Å². The molecule has 0 unspecified atom stereocenters. The second-order valence-electron chi connectivity index (χ2n) is 6.73. The number of nitrogens with one attached hydrogen (secondary N) is 1. The van der Waals surface area contributed by atoms with Crippen molar-refractivity contribution in [3.05, 3.63) is 0 Å². The molecule has 1 aliphatic carbocycles. The number of rotatable bonds is 4. The molecule has 2 amide bonds. The lowest BCUT2D eigenvalue weighted by Crippen LogP contribution is -2.56. The minimum atomic E-state index is -0.697. The fourth-order valence-corrected chi connectivity index (χ4v) is 3.51. The van der Waals surface area contributed by atoms with Gasteiger partial charge in [0.25, 0.3) is 0 Å². The maximum absolute atomic E-state index is 12.3. The number of carbonyl (C=O) groups excluding carboxylic acids is 1. The van der Waals surface area contributed by atoms with Crippen LogP contribution in [0, 0.1) is 5.92 Å². The second-order valence-corrected chi connectivity index (χ2v) is 6.73. The van der Waals surface area contributed by atoms with Crippen molar-refractivity contribution in [2.24, 2.45) is 5.92 Å². The fraction of sp³-hybridized carbons (Fsp3) is 0.938. The molecule has 0 spiro atoms. The van der Waals surface area contributed by atoms with Crippen molar-refractivity contribution in [2.45, 2.75) is 63.5 Å². The molecule has 2 N–H and O–H groups in total. The Balaban J connectivity index is 1.82. The highest BCUT2D eigenvalue weighted by Gasteiger charge is 2.39. The summed E-state index contributed by atoms with van der Waals surface area (Å²) in [6, 6.07) is 0.387. The van der Waals surface area contributed by atoms with E-state index in [-0.39, 0.29) is 11.9 Å². The van der Waals surface area contributed by atoms with Gasteiger partial charge in [0.2, 0.25) is 0 Å². The quantitative estimate of drug-likeness (QED) is 0.836. The number of ether oxygens (including phenoxy) is 1. The Hall–Kier alpha value is -0.810. The Labute approximate surface area is 128 Å². The van der Waals surface area contributed by atoms with Gasteiger partial charge in [0.1, 0.15) is 0 Å². The van der Waals surface area contributed by atoms with Crippen molar-refractivity contribution in [3.8, 4) is 0 Å². The van der Waals surface area contributed by atoms with Crippen LogP contribution >= 0.6 is 0 Å². The first-order valence-corrected chi connectivity index (χ1v) is 8.32. The number of amides is 2. The van der Waals surface area contributed by atoms with Gasteiger partial charge in [-0.15, -0.1) is 0 Å². The molecule has 0 radical (unpaired) electrons. The first-order valence-electron chi connectivity index (χ1n) is 8.32. The summed E-state index contributed by atoms with van der Waals surface area (Å²) in [6.45, 7) is 3.84. The standard InChI is InChI=1S/C16H30N2O3/c1-13-12-18(10-8-16(13,20)9-11-21-2)15(19)17-14-6-4-3-5-7-14/h13-14,20H,3-12H2,1-2H3,(H,17,19)/t13-,16-/m1/s1. The molecule has 21 heavy (non-hydrogen) atoms. The zero-order chi connectivity index (χ0) is 15.3. The molecule has 0 aromatic carbocycles. The minimum Gasteiger partial charge on any atom is -0.389 e. The number of methoxy groups -OCH3 is 1. The summed E-state index contributed by atoms with van der Waals surface area (Å²) in [5.74, 6) is 0.0819. The number of aliphatic hydroxyl groups is 1. The third-order valence-electron chi connectivity index (χ3n) is 5.19. The Morgan fingerprint density at radius 3 is 2.71 bits per heavy atom. The summed E-state index contributed by atoms with van der Waals surface area (Å²) in [7, 11) is 1.65. The van der Waals surface area contributed by atoms with Crippen LogP contribution in [0.2, 0.25) is 0 Å². The summed E-state index contributed by atoms with van der Waals surface area (Å²) >= 11 is 0. The van der Waals surface area contributed by atoms with E-state index in [1.54, 1.807) is 7.11 Å². The van der Waals surface area contributed by atoms with E-state index >= 15 is 0 Å². The Kier molecular flexibility index (Phi) is 5.88. The fourth-order valence-electron chi connectivity index (χ4n) is 3.51. The third-order valence-corrected chi connectivity index (χ3v) is 5.19. The first kappa shape index (κ1) is 16.6. The van der Waals surface area contributed by atoms with Gasteiger partial charge in [-0.25, -0.2) is 4.79 Å². The molecule has 1 saturated carbocycles. The van der Waals surface area contributed by atoms with Crippen LogP contribution < -0.4 is 5.32 Å². The van der Waals surface area contributed by atoms with E-state index in [0.717, 1.165) is 12.8 Å². The maximum Gasteiger partial charge on any atom is 0.317 e. The van der Waals surface area contributed by atoms with Gasteiger partial charge in [0.15, 0.2) is 0 Å². The van der Waals surface area contributed by atoms with Gasteiger partial charge in [-0.3, -0.25) is 0 Å². The van der Waals surface area contributed by atoms with Crippen LogP contribution in [0.5, 0.6) is 0 Å². The van der Waals surface area contributed by atoms with Gasteiger partial charge in [-0.2, -0.15) is 0 Å². The average molecular weight is 298 g/mol. The van der Waals surface area contributed by atoms with Gasteiger partial charge < -0.3 is 20.1 Å². The molecule has 2 rings (SSSR count). The maximum atomic E-state index is 12.3. The molecule has 0 aromatic rings. The molecule has 2 aliphatic rings. The molecule has 5 heteroatoms. The molecular weight excluding hydrogens is 268 g/mol. The highest BCUT2D eigenvalue weighted by atomic mass is 16.5. The van der Waals surface area contributed by atoms with Crippen LogP contribution in [0.25, 0.3) is 0 Å². The Morgan fingerprint density at radius 1 is 1.38 bits per heavy atom. The van der Waals surface area contributed by atoms with Crippen molar-refractivity contribution in [1.82, 2.24) is 10.2 Å². The molecular formula is C16H30N2O3. The van der Waals surface area contributed by atoms with Crippen LogP contribution in [0.1, 0.15) is 51.9 Å². The topological polar surface area (TPSA) is 61.8 Å². The molecule has 5 nitrogen and oxygen atoms in total. The number of hydrogen-bond donors (Lipinski definition) is 2. The second kappa shape index (κ2) is 7.45. The summed E-state index contributed by atoms with van der Waals surface area (Å²) < 4.78 is 5.08. The largest absolute Gasteiger partial charge is 0.389 e. The lowest BCUT2D eigenvalue weighted by molar-refractivity contribution is -0.0734. The molecule has 1 saturated heterocycles. The van der Waals surface area contributed by atoms with E-state index < -0.39 is 5.60 Å². The van der Waals surface area contributed by atoms with Crippen LogP contribution in [0.3, 0.4) is 0 Å². The van der Waals surface area contributed by atoms with E-state index in [0.29, 0.717) is 38.6 Å². The van der Waals surface area contributed by atoms with Gasteiger partial charge in [0.05, 0.1) is 5.60 Å². The summed E-state index contributed by atoms with van der Waals surface area (Å²) in [5.41, 5.74) is -0.697. The predicted octanol–water partition coefficient (Wildman–Crippen LogP) is 2.14. The summed E-state index contributed by atoms with van der Waals surface area (Å²) in [6.07, 6.45) is 7.22. The lowest BCUT2D eigenvalue weighted by atomic mass is 9.80. The van der Waals surface area contributed by atoms with E-state index in [1.165, 1.54) is 19.3 Å². The first-order chi connectivity index (χ1) is 10.0. The van der Waals surface area contributed by atoms with E-state index in [4.69, 9.17) is 4.74 Å². The molecule has 1 aliphatic heterocycles. The van der Waals surface area contributed by atoms with Crippen LogP contribution in [0.15, 0.2) is 0 Å². The van der Waals surface area contributed by atoms with Gasteiger partial charge >= 0.3 is 6.03 Å². The van der Waals surface area contributed by atoms with Crippen LogP contribution in [-0.4, -0.2) is 54.5 Å². The van der Waals surface area contributed by atoms with Gasteiger partial charge in [-0.1, -0.05) is 26.2 Å². The van der Waals surface area contributed by atoms with Gasteiger partial charge in [-0.05, 0) is 25.7 Å². The number of carbonyl (C=O) groups is 1. The van der Waals surface area contributed by atoms with Crippen molar-refractivity contribution in [3.63, 3.8) is 0 Å². The number of urea groups is 1. The lowest BCUT2D eigenvalue weighted by Gasteiger charge is -2.43. The van der Waals surface area contributed by atoms with Crippen LogP contribution in [-0.2, 0) is 4.74 Å². The predicted molar refractivity (Wildman–Crippen MR) is 82.2 cm³/mol. The number of nitrogens with zero attached hydrogens (tertiary/aromatic N) is 1. The monoisotopic (exact) mass is 298 g/mol. The van der Waals surface area contributed by atoms with E-state index in [2.05, 4.69) is 5.32 Å². The van der Waals surface area contributed by atoms with Gasteiger partial charge in [0, 0.05) is 38.8 Å². The normalized spacial score (nSPS) is 31.2. The highest BCUT2D eigenvalue weighted by Crippen LogP contribution is 2.31. The molecule has 1 heterocycles. The molecule has 2 atom stereocenters. The van der Waals surface area contributed by atoms with E-state index in [1.807, 2.05) is 11.8 Å². The Morgan fingerprint density at radius 2 is 2.10 bits per heavy atom. The summed E-state index contributed by atoms with van der Waals surface area (Å²) in [5, 5.41) is 13.8. The number of likely N-dealkylation sites (tertiary alicyclic amines) is 1. The third kappa shape index (κ3) is 4.33. The molecule has 2 fully saturated rings. The number of hydrogen-bond acceptors (Lipinski definition) is 3. The van der Waals surface area contributed by atoms with Crippen molar-refractivity contribution in [2.75, 3.05) is 26.8 Å². The molecule has 0 aromatic heterocycles. The number of piperidine rings is 1. The smallest absolute Gasteiger partial charge is 0.317 e. The minimum absolute atomic E-state index is 0.0440. The SMILES string of the molecule is COCC[C@]1(O)CCN(C(=O)NC2CCCCC2)C[C@H]1C. The Bertz CT molecular complexity index is 344. The summed E-state index contributed by atoms with van der Waals surface area (Å²) in [4.78, 5) is 14.2. The van der Waals surface area contributed by atoms with Crippen molar-refractivity contribution < 1.29 is 14.6 Å². The average Bonchev–Trinajstić information content (AvgIpc) is 2.49.